The minimum atomic E-state index is -0.881. The number of hydrogen-bond acceptors (Lipinski definition) is 3. The third-order valence-corrected chi connectivity index (χ3v) is 4.03. The summed E-state index contributed by atoms with van der Waals surface area (Å²) in [6.07, 6.45) is 1.84. The molecule has 1 unspecified atom stereocenters. The summed E-state index contributed by atoms with van der Waals surface area (Å²) < 4.78 is 5.23. The van der Waals surface area contributed by atoms with Crippen molar-refractivity contribution in [1.29, 1.82) is 0 Å². The fraction of sp³-hybridized carbons (Fsp3) is 0.529. The molecule has 0 saturated carbocycles. The van der Waals surface area contributed by atoms with E-state index in [1.165, 1.54) is 0 Å². The summed E-state index contributed by atoms with van der Waals surface area (Å²) >= 11 is 0. The normalized spacial score (nSPS) is 17.0. The number of rotatable bonds is 6. The van der Waals surface area contributed by atoms with Gasteiger partial charge in [-0.1, -0.05) is 29.8 Å². The third kappa shape index (κ3) is 4.84. The lowest BCUT2D eigenvalue weighted by atomic mass is 9.96. The Morgan fingerprint density at radius 2 is 2.09 bits per heavy atom. The minimum Gasteiger partial charge on any atom is -0.481 e. The summed E-state index contributed by atoms with van der Waals surface area (Å²) in [4.78, 5) is 23.5. The number of carboxylic acids is 1. The SMILES string of the molecule is Cc1cccc(CC(CNC(=O)C2CCOCC2)C(=O)O)c1. The monoisotopic (exact) mass is 305 g/mol. The first-order chi connectivity index (χ1) is 10.6. The number of carbonyl (C=O) groups is 2. The van der Waals surface area contributed by atoms with E-state index < -0.39 is 11.9 Å². The van der Waals surface area contributed by atoms with Crippen LogP contribution in [0.5, 0.6) is 0 Å². The molecule has 0 spiro atoms. The maximum absolute atomic E-state index is 12.1. The molecule has 22 heavy (non-hydrogen) atoms. The van der Waals surface area contributed by atoms with E-state index in [-0.39, 0.29) is 18.4 Å². The highest BCUT2D eigenvalue weighted by Gasteiger charge is 2.24. The summed E-state index contributed by atoms with van der Waals surface area (Å²) in [5.74, 6) is -1.60. The van der Waals surface area contributed by atoms with Crippen molar-refractivity contribution >= 4 is 11.9 Å². The van der Waals surface area contributed by atoms with E-state index in [4.69, 9.17) is 4.74 Å². The molecule has 1 saturated heterocycles. The van der Waals surface area contributed by atoms with Crippen molar-refractivity contribution in [2.24, 2.45) is 11.8 Å². The molecule has 5 heteroatoms. The van der Waals surface area contributed by atoms with Crippen molar-refractivity contribution in [3.63, 3.8) is 0 Å². The number of amides is 1. The Kier molecular flexibility index (Phi) is 5.95. The molecule has 0 bridgehead atoms. The zero-order chi connectivity index (χ0) is 15.9. The van der Waals surface area contributed by atoms with Crippen LogP contribution in [-0.2, 0) is 20.7 Å². The number of carboxylic acid groups (broad SMARTS) is 1. The smallest absolute Gasteiger partial charge is 0.308 e. The predicted octanol–water partition coefficient (Wildman–Crippen LogP) is 1.78. The zero-order valence-corrected chi connectivity index (χ0v) is 12.9. The molecule has 2 rings (SSSR count). The number of aliphatic carboxylic acids is 1. The predicted molar refractivity (Wildman–Crippen MR) is 82.6 cm³/mol. The first-order valence-corrected chi connectivity index (χ1v) is 7.70. The Bertz CT molecular complexity index is 523. The maximum Gasteiger partial charge on any atom is 0.308 e. The molecule has 1 aliphatic rings. The third-order valence-electron chi connectivity index (χ3n) is 4.03. The average molecular weight is 305 g/mol. The van der Waals surface area contributed by atoms with Crippen LogP contribution in [-0.4, -0.2) is 36.7 Å². The van der Waals surface area contributed by atoms with Crippen LogP contribution in [0, 0.1) is 18.8 Å². The van der Waals surface area contributed by atoms with Crippen molar-refractivity contribution in [2.45, 2.75) is 26.2 Å². The number of nitrogens with one attached hydrogen (secondary N) is 1. The molecule has 0 radical (unpaired) electrons. The van der Waals surface area contributed by atoms with Crippen molar-refractivity contribution in [2.75, 3.05) is 19.8 Å². The maximum atomic E-state index is 12.1. The highest BCUT2D eigenvalue weighted by molar-refractivity contribution is 5.79. The molecular weight excluding hydrogens is 282 g/mol. The molecule has 1 fully saturated rings. The number of carbonyl (C=O) groups excluding carboxylic acids is 1. The highest BCUT2D eigenvalue weighted by Crippen LogP contribution is 2.15. The van der Waals surface area contributed by atoms with Crippen LogP contribution in [0.15, 0.2) is 24.3 Å². The number of ether oxygens (including phenoxy) is 1. The second-order valence-electron chi connectivity index (χ2n) is 5.86. The topological polar surface area (TPSA) is 75.6 Å². The average Bonchev–Trinajstić information content (AvgIpc) is 2.51. The summed E-state index contributed by atoms with van der Waals surface area (Å²) in [6.45, 7) is 3.35. The fourth-order valence-electron chi connectivity index (χ4n) is 2.70. The quantitative estimate of drug-likeness (QED) is 0.840. The van der Waals surface area contributed by atoms with Gasteiger partial charge in [-0.3, -0.25) is 9.59 Å². The zero-order valence-electron chi connectivity index (χ0n) is 12.9. The van der Waals surface area contributed by atoms with Gasteiger partial charge in [-0.05, 0) is 31.7 Å². The molecule has 1 aliphatic heterocycles. The van der Waals surface area contributed by atoms with Crippen LogP contribution >= 0.6 is 0 Å². The summed E-state index contributed by atoms with van der Waals surface area (Å²) in [5.41, 5.74) is 2.08. The molecule has 0 aromatic heterocycles. The summed E-state index contributed by atoms with van der Waals surface area (Å²) in [6, 6.07) is 7.80. The van der Waals surface area contributed by atoms with Gasteiger partial charge in [0.05, 0.1) is 5.92 Å². The van der Waals surface area contributed by atoms with Crippen LogP contribution in [0.2, 0.25) is 0 Å². The van der Waals surface area contributed by atoms with E-state index in [2.05, 4.69) is 5.32 Å². The first kappa shape index (κ1) is 16.5. The number of aryl methyl sites for hydroxylation is 1. The lowest BCUT2D eigenvalue weighted by Gasteiger charge is -2.22. The molecule has 120 valence electrons. The molecule has 1 aromatic rings. The Morgan fingerprint density at radius 3 is 2.73 bits per heavy atom. The summed E-state index contributed by atoms with van der Waals surface area (Å²) in [7, 11) is 0. The van der Waals surface area contributed by atoms with Gasteiger partial charge in [-0.15, -0.1) is 0 Å². The second-order valence-corrected chi connectivity index (χ2v) is 5.86. The van der Waals surface area contributed by atoms with E-state index in [1.807, 2.05) is 31.2 Å². The van der Waals surface area contributed by atoms with Gasteiger partial charge in [0.15, 0.2) is 0 Å². The van der Waals surface area contributed by atoms with Crippen LogP contribution in [0.1, 0.15) is 24.0 Å². The lowest BCUT2D eigenvalue weighted by Crippen LogP contribution is -2.39. The summed E-state index contributed by atoms with van der Waals surface area (Å²) in [5, 5.41) is 12.1. The Labute approximate surface area is 130 Å². The van der Waals surface area contributed by atoms with Crippen molar-refractivity contribution in [3.05, 3.63) is 35.4 Å². The van der Waals surface area contributed by atoms with E-state index in [9.17, 15) is 14.7 Å². The van der Waals surface area contributed by atoms with E-state index in [0.29, 0.717) is 32.5 Å². The van der Waals surface area contributed by atoms with Crippen molar-refractivity contribution in [3.8, 4) is 0 Å². The minimum absolute atomic E-state index is 0.0536. The van der Waals surface area contributed by atoms with Crippen LogP contribution in [0.25, 0.3) is 0 Å². The van der Waals surface area contributed by atoms with Gasteiger partial charge < -0.3 is 15.2 Å². The van der Waals surface area contributed by atoms with E-state index in [1.54, 1.807) is 0 Å². The second kappa shape index (κ2) is 7.94. The van der Waals surface area contributed by atoms with Gasteiger partial charge in [-0.2, -0.15) is 0 Å². The largest absolute Gasteiger partial charge is 0.481 e. The Morgan fingerprint density at radius 1 is 1.36 bits per heavy atom. The molecule has 1 amide bonds. The number of hydrogen-bond donors (Lipinski definition) is 2. The lowest BCUT2D eigenvalue weighted by molar-refractivity contribution is -0.141. The molecule has 1 heterocycles. The van der Waals surface area contributed by atoms with Gasteiger partial charge in [-0.25, -0.2) is 0 Å². The molecule has 0 aliphatic carbocycles. The van der Waals surface area contributed by atoms with E-state index in [0.717, 1.165) is 11.1 Å². The fourth-order valence-corrected chi connectivity index (χ4v) is 2.70. The van der Waals surface area contributed by atoms with Crippen LogP contribution in [0.3, 0.4) is 0 Å². The van der Waals surface area contributed by atoms with Gasteiger partial charge in [0.25, 0.3) is 0 Å². The van der Waals surface area contributed by atoms with Crippen molar-refractivity contribution in [1.82, 2.24) is 5.32 Å². The van der Waals surface area contributed by atoms with Gasteiger partial charge in [0, 0.05) is 25.7 Å². The van der Waals surface area contributed by atoms with Crippen molar-refractivity contribution < 1.29 is 19.4 Å². The van der Waals surface area contributed by atoms with Crippen LogP contribution < -0.4 is 5.32 Å². The van der Waals surface area contributed by atoms with Gasteiger partial charge >= 0.3 is 5.97 Å². The van der Waals surface area contributed by atoms with Gasteiger partial charge in [0.2, 0.25) is 5.91 Å². The molecule has 2 N–H and O–H groups in total. The standard InChI is InChI=1S/C17H23NO4/c1-12-3-2-4-13(9-12)10-15(17(20)21)11-18-16(19)14-5-7-22-8-6-14/h2-4,9,14-15H,5-8,10-11H2,1H3,(H,18,19)(H,20,21). The Balaban J connectivity index is 1.88. The molecule has 5 nitrogen and oxygen atoms in total. The molecular formula is C17H23NO4. The van der Waals surface area contributed by atoms with E-state index >= 15 is 0 Å². The van der Waals surface area contributed by atoms with Crippen LogP contribution in [0.4, 0.5) is 0 Å². The molecule has 1 aromatic carbocycles. The number of benzene rings is 1. The highest BCUT2D eigenvalue weighted by atomic mass is 16.5. The molecule has 1 atom stereocenters. The first-order valence-electron chi connectivity index (χ1n) is 7.70. The van der Waals surface area contributed by atoms with Gasteiger partial charge in [0.1, 0.15) is 0 Å². The Hall–Kier alpha value is -1.88.